The number of rotatable bonds is 5. The number of carbonyl (C=O) groups is 2. The highest BCUT2D eigenvalue weighted by atomic mass is 19.1. The van der Waals surface area contributed by atoms with Crippen LogP contribution in [0.3, 0.4) is 0 Å². The van der Waals surface area contributed by atoms with E-state index in [9.17, 15) is 19.1 Å². The molecule has 3 saturated heterocycles. The molecule has 7 nitrogen and oxygen atoms in total. The summed E-state index contributed by atoms with van der Waals surface area (Å²) in [5.41, 5.74) is 0.626. The highest BCUT2D eigenvalue weighted by Crippen LogP contribution is 2.32. The highest BCUT2D eigenvalue weighted by molar-refractivity contribution is 5.89. The number of carboxylic acids is 1. The number of halogens is 1. The minimum atomic E-state index is -1.06. The van der Waals surface area contributed by atoms with Gasteiger partial charge in [0.2, 0.25) is 0 Å². The van der Waals surface area contributed by atoms with E-state index in [0.29, 0.717) is 18.0 Å². The van der Waals surface area contributed by atoms with E-state index in [1.807, 2.05) is 0 Å². The summed E-state index contributed by atoms with van der Waals surface area (Å²) in [5, 5.41) is 18.8. The van der Waals surface area contributed by atoms with Crippen molar-refractivity contribution in [3.05, 3.63) is 59.4 Å². The fraction of sp³-hybridized carbons (Fsp3) is 0.364. The average Bonchev–Trinajstić information content (AvgIpc) is 2.75. The van der Waals surface area contributed by atoms with Gasteiger partial charge in [0.15, 0.2) is 11.6 Å². The number of carbonyl (C=O) groups excluding carboxylic acids is 1. The largest absolute Gasteiger partial charge is 0.505 e. The van der Waals surface area contributed by atoms with Gasteiger partial charge in [0.1, 0.15) is 6.10 Å². The summed E-state index contributed by atoms with van der Waals surface area (Å²) in [5.74, 6) is -2.23. The summed E-state index contributed by atoms with van der Waals surface area (Å²) in [6, 6.07) is 10.0. The van der Waals surface area contributed by atoms with Gasteiger partial charge in [0.05, 0.1) is 17.8 Å². The molecule has 3 heterocycles. The number of anilines is 1. The lowest BCUT2D eigenvalue weighted by atomic mass is 9.86. The Balaban J connectivity index is 1.59. The van der Waals surface area contributed by atoms with E-state index in [-0.39, 0.29) is 23.9 Å². The second-order valence-electron chi connectivity index (χ2n) is 7.76. The van der Waals surface area contributed by atoms with Gasteiger partial charge in [-0.05, 0) is 61.7 Å². The normalized spacial score (nSPS) is 22.5. The zero-order valence-electron chi connectivity index (χ0n) is 16.3. The number of piperidine rings is 3. The van der Waals surface area contributed by atoms with Crippen LogP contribution in [0.25, 0.3) is 0 Å². The molecule has 0 aromatic heterocycles. The molecule has 158 valence electrons. The first-order chi connectivity index (χ1) is 14.4. The molecule has 0 aliphatic carbocycles. The van der Waals surface area contributed by atoms with Gasteiger partial charge < -0.3 is 14.9 Å². The lowest BCUT2D eigenvalue weighted by Gasteiger charge is -2.44. The van der Waals surface area contributed by atoms with Gasteiger partial charge in [0, 0.05) is 6.54 Å². The van der Waals surface area contributed by atoms with Crippen LogP contribution in [0.1, 0.15) is 28.8 Å². The van der Waals surface area contributed by atoms with Crippen molar-refractivity contribution in [2.24, 2.45) is 5.92 Å². The maximum Gasteiger partial charge on any atom is 0.415 e. The van der Waals surface area contributed by atoms with Crippen molar-refractivity contribution in [3.63, 3.8) is 0 Å². The van der Waals surface area contributed by atoms with Gasteiger partial charge in [-0.3, -0.25) is 9.80 Å². The van der Waals surface area contributed by atoms with Gasteiger partial charge in [-0.15, -0.1) is 0 Å². The average molecular weight is 414 g/mol. The number of benzene rings is 2. The molecule has 0 spiro atoms. The highest BCUT2D eigenvalue weighted by Gasteiger charge is 2.37. The van der Waals surface area contributed by atoms with Crippen LogP contribution in [0.5, 0.6) is 5.75 Å². The first kappa shape index (κ1) is 20.2. The number of nitrogens with zero attached hydrogens (tertiary/aromatic N) is 2. The predicted octanol–water partition coefficient (Wildman–Crippen LogP) is 3.47. The number of hydrogen-bond acceptors (Lipinski definition) is 5. The number of phenolic OH excluding ortho intramolecular Hbond substituents is 1. The van der Waals surface area contributed by atoms with Crippen molar-refractivity contribution in [2.45, 2.75) is 25.5 Å². The first-order valence-corrected chi connectivity index (χ1v) is 9.92. The van der Waals surface area contributed by atoms with Crippen LogP contribution >= 0.6 is 0 Å². The van der Waals surface area contributed by atoms with Crippen molar-refractivity contribution < 1.29 is 28.9 Å². The first-order valence-electron chi connectivity index (χ1n) is 9.92. The third-order valence-corrected chi connectivity index (χ3v) is 5.86. The van der Waals surface area contributed by atoms with Gasteiger partial charge >= 0.3 is 12.1 Å². The summed E-state index contributed by atoms with van der Waals surface area (Å²) in [4.78, 5) is 27.5. The van der Waals surface area contributed by atoms with E-state index in [4.69, 9.17) is 9.84 Å². The van der Waals surface area contributed by atoms with Crippen molar-refractivity contribution in [1.82, 2.24) is 4.90 Å². The van der Waals surface area contributed by atoms with Crippen LogP contribution < -0.4 is 4.90 Å². The number of ether oxygens (including phenoxy) is 1. The van der Waals surface area contributed by atoms with E-state index in [2.05, 4.69) is 4.90 Å². The Hall–Kier alpha value is -3.13. The summed E-state index contributed by atoms with van der Waals surface area (Å²) < 4.78 is 20.4. The molecule has 5 rings (SSSR count). The molecule has 0 unspecified atom stereocenters. The van der Waals surface area contributed by atoms with E-state index in [1.165, 1.54) is 30.3 Å². The van der Waals surface area contributed by atoms with Gasteiger partial charge in [-0.1, -0.05) is 18.2 Å². The standard InChI is InChI=1S/C22H23FN2O5/c23-20-17(2-1-3-18(20)26)25(12-14-4-6-16(7-5-14)21(27)28)22(29)30-19-13-24-10-8-15(19)9-11-24/h1-7,15,19,26H,8-13H2,(H,27,28)/t19-/m0/s1. The van der Waals surface area contributed by atoms with Gasteiger partial charge in [-0.2, -0.15) is 0 Å². The molecule has 8 heteroatoms. The molecule has 2 aromatic carbocycles. The topological polar surface area (TPSA) is 90.3 Å². The molecule has 1 atom stereocenters. The lowest BCUT2D eigenvalue weighted by Crippen LogP contribution is -2.53. The molecular formula is C22H23FN2O5. The summed E-state index contributed by atoms with van der Waals surface area (Å²) in [6.07, 6.45) is 0.988. The predicted molar refractivity (Wildman–Crippen MR) is 107 cm³/mol. The molecule has 3 aliphatic heterocycles. The molecule has 2 aromatic rings. The van der Waals surface area contributed by atoms with Gasteiger partial charge in [0.25, 0.3) is 0 Å². The lowest BCUT2D eigenvalue weighted by molar-refractivity contribution is -0.0311. The maximum atomic E-state index is 14.6. The smallest absolute Gasteiger partial charge is 0.415 e. The number of phenols is 1. The quantitative estimate of drug-likeness (QED) is 0.779. The Morgan fingerprint density at radius 3 is 2.43 bits per heavy atom. The van der Waals surface area contributed by atoms with E-state index < -0.39 is 23.6 Å². The molecular weight excluding hydrogens is 391 g/mol. The SMILES string of the molecule is O=C(O)c1ccc(CN(C(=O)O[C@H]2CN3CCC2CC3)c2cccc(O)c2F)cc1. The van der Waals surface area contributed by atoms with E-state index in [1.54, 1.807) is 12.1 Å². The molecule has 3 fully saturated rings. The van der Waals surface area contributed by atoms with E-state index >= 15 is 0 Å². The van der Waals surface area contributed by atoms with Crippen molar-refractivity contribution in [2.75, 3.05) is 24.5 Å². The molecule has 1 amide bonds. The minimum absolute atomic E-state index is 0.0276. The Kier molecular flexibility index (Phi) is 5.59. The van der Waals surface area contributed by atoms with Crippen molar-refractivity contribution >= 4 is 17.7 Å². The Morgan fingerprint density at radius 1 is 1.13 bits per heavy atom. The minimum Gasteiger partial charge on any atom is -0.505 e. The number of aromatic carboxylic acids is 1. The Bertz CT molecular complexity index is 941. The molecule has 2 bridgehead atoms. The van der Waals surface area contributed by atoms with Crippen LogP contribution in [0, 0.1) is 11.7 Å². The van der Waals surface area contributed by atoms with E-state index in [0.717, 1.165) is 30.8 Å². The zero-order valence-corrected chi connectivity index (χ0v) is 16.3. The van der Waals surface area contributed by atoms with Gasteiger partial charge in [-0.25, -0.2) is 14.0 Å². The molecule has 3 aliphatic rings. The monoisotopic (exact) mass is 414 g/mol. The van der Waals surface area contributed by atoms with Crippen molar-refractivity contribution in [1.29, 1.82) is 0 Å². The fourth-order valence-corrected chi connectivity index (χ4v) is 4.14. The van der Waals surface area contributed by atoms with Crippen molar-refractivity contribution in [3.8, 4) is 5.75 Å². The second-order valence-corrected chi connectivity index (χ2v) is 7.76. The zero-order chi connectivity index (χ0) is 21.3. The number of fused-ring (bicyclic) bond motifs is 3. The molecule has 2 N–H and O–H groups in total. The summed E-state index contributed by atoms with van der Waals surface area (Å²) in [7, 11) is 0. The molecule has 0 saturated carbocycles. The fourth-order valence-electron chi connectivity index (χ4n) is 4.14. The number of carboxylic acid groups (broad SMARTS) is 1. The van der Waals surface area contributed by atoms with Crippen LogP contribution in [-0.2, 0) is 11.3 Å². The van der Waals surface area contributed by atoms with Crippen LogP contribution in [-0.4, -0.2) is 52.9 Å². The van der Waals surface area contributed by atoms with Crippen LogP contribution in [0.2, 0.25) is 0 Å². The summed E-state index contributed by atoms with van der Waals surface area (Å²) in [6.45, 7) is 2.64. The number of amides is 1. The molecule has 30 heavy (non-hydrogen) atoms. The maximum absolute atomic E-state index is 14.6. The Morgan fingerprint density at radius 2 is 1.83 bits per heavy atom. The molecule has 0 radical (unpaired) electrons. The van der Waals surface area contributed by atoms with Crippen LogP contribution in [0.15, 0.2) is 42.5 Å². The Labute approximate surface area is 173 Å². The third-order valence-electron chi connectivity index (χ3n) is 5.86. The van der Waals surface area contributed by atoms with Crippen LogP contribution in [0.4, 0.5) is 14.9 Å². The summed E-state index contributed by atoms with van der Waals surface area (Å²) >= 11 is 0. The number of aromatic hydroxyl groups is 1. The third kappa shape index (κ3) is 4.09. The number of hydrogen-bond donors (Lipinski definition) is 2. The second kappa shape index (κ2) is 8.31.